The SMILES string of the molecule is CC(=O)N(c1cc(C(C)C)ccc1C)n1c(Cc2c(Cl)cccc2Cl)nc2c(Cl)cccc21. The summed E-state index contributed by atoms with van der Waals surface area (Å²) in [6.45, 7) is 7.80. The number of amides is 1. The van der Waals surface area contributed by atoms with Gasteiger partial charge in [-0.05, 0) is 59.9 Å². The molecule has 4 nitrogen and oxygen atoms in total. The van der Waals surface area contributed by atoms with Crippen molar-refractivity contribution in [3.63, 3.8) is 0 Å². The summed E-state index contributed by atoms with van der Waals surface area (Å²) in [5, 5.41) is 3.25. The van der Waals surface area contributed by atoms with Crippen LogP contribution in [0, 0.1) is 6.92 Å². The van der Waals surface area contributed by atoms with Crippen molar-refractivity contribution < 1.29 is 4.79 Å². The Morgan fingerprint density at radius 2 is 1.64 bits per heavy atom. The predicted octanol–water partition coefficient (Wildman–Crippen LogP) is 7.84. The van der Waals surface area contributed by atoms with Crippen LogP contribution in [0.1, 0.15) is 49.2 Å². The number of hydrogen-bond acceptors (Lipinski definition) is 2. The van der Waals surface area contributed by atoms with Crippen LogP contribution < -0.4 is 5.01 Å². The van der Waals surface area contributed by atoms with Crippen LogP contribution in [0.3, 0.4) is 0 Å². The summed E-state index contributed by atoms with van der Waals surface area (Å²) in [6, 6.07) is 17.1. The fraction of sp³-hybridized carbons (Fsp3) is 0.231. The van der Waals surface area contributed by atoms with E-state index in [1.807, 2.05) is 29.8 Å². The Bertz CT molecular complexity index is 1340. The first-order chi connectivity index (χ1) is 15.7. The fourth-order valence-electron chi connectivity index (χ4n) is 3.93. The first-order valence-electron chi connectivity index (χ1n) is 10.7. The van der Waals surface area contributed by atoms with Gasteiger partial charge < -0.3 is 0 Å². The zero-order valence-electron chi connectivity index (χ0n) is 18.9. The van der Waals surface area contributed by atoms with Crippen molar-refractivity contribution >= 4 is 57.4 Å². The predicted molar refractivity (Wildman–Crippen MR) is 138 cm³/mol. The number of hydrogen-bond donors (Lipinski definition) is 0. The first kappa shape index (κ1) is 23.6. The van der Waals surface area contributed by atoms with E-state index < -0.39 is 0 Å². The minimum absolute atomic E-state index is 0.148. The van der Waals surface area contributed by atoms with Crippen LogP contribution in [0.25, 0.3) is 11.0 Å². The van der Waals surface area contributed by atoms with Crippen LogP contribution in [0.4, 0.5) is 5.69 Å². The lowest BCUT2D eigenvalue weighted by Crippen LogP contribution is -2.36. The van der Waals surface area contributed by atoms with Gasteiger partial charge in [0.15, 0.2) is 0 Å². The van der Waals surface area contributed by atoms with Gasteiger partial charge in [0.05, 0.1) is 16.2 Å². The normalized spacial score (nSPS) is 11.4. The zero-order chi connectivity index (χ0) is 23.9. The molecule has 0 N–H and O–H groups in total. The van der Waals surface area contributed by atoms with Crippen molar-refractivity contribution in [3.05, 3.63) is 92.2 Å². The minimum Gasteiger partial charge on any atom is -0.273 e. The van der Waals surface area contributed by atoms with E-state index in [1.54, 1.807) is 36.2 Å². The molecule has 170 valence electrons. The Hall–Kier alpha value is -2.53. The third kappa shape index (κ3) is 4.48. The molecule has 0 aliphatic carbocycles. The fourth-order valence-corrected chi connectivity index (χ4v) is 4.67. The van der Waals surface area contributed by atoms with Gasteiger partial charge in [-0.3, -0.25) is 4.79 Å². The quantitative estimate of drug-likeness (QED) is 0.280. The average molecular weight is 501 g/mol. The molecule has 4 rings (SSSR count). The number of aromatic nitrogens is 2. The van der Waals surface area contributed by atoms with Gasteiger partial charge in [0.1, 0.15) is 11.3 Å². The van der Waals surface area contributed by atoms with Crippen LogP contribution in [-0.2, 0) is 11.2 Å². The molecular formula is C26H24Cl3N3O. The number of benzene rings is 3. The molecule has 0 bridgehead atoms. The maximum absolute atomic E-state index is 13.1. The van der Waals surface area contributed by atoms with Gasteiger partial charge >= 0.3 is 0 Å². The maximum Gasteiger partial charge on any atom is 0.243 e. The highest BCUT2D eigenvalue weighted by molar-refractivity contribution is 6.36. The lowest BCUT2D eigenvalue weighted by molar-refractivity contribution is -0.117. The van der Waals surface area contributed by atoms with Gasteiger partial charge in [-0.1, -0.05) is 72.9 Å². The third-order valence-corrected chi connectivity index (χ3v) is 6.72. The van der Waals surface area contributed by atoms with Crippen molar-refractivity contribution in [1.29, 1.82) is 0 Å². The lowest BCUT2D eigenvalue weighted by Gasteiger charge is -2.27. The second-order valence-electron chi connectivity index (χ2n) is 8.36. The lowest BCUT2D eigenvalue weighted by atomic mass is 10.0. The molecule has 4 aromatic rings. The van der Waals surface area contributed by atoms with E-state index in [1.165, 1.54) is 0 Å². The van der Waals surface area contributed by atoms with Crippen LogP contribution >= 0.6 is 34.8 Å². The second-order valence-corrected chi connectivity index (χ2v) is 9.58. The van der Waals surface area contributed by atoms with E-state index in [2.05, 4.69) is 26.0 Å². The molecule has 0 saturated carbocycles. The molecule has 0 spiro atoms. The van der Waals surface area contributed by atoms with Crippen molar-refractivity contribution in [1.82, 2.24) is 9.66 Å². The molecule has 1 aromatic heterocycles. The van der Waals surface area contributed by atoms with Crippen LogP contribution in [0.15, 0.2) is 54.6 Å². The summed E-state index contributed by atoms with van der Waals surface area (Å²) in [7, 11) is 0. The molecule has 1 heterocycles. The van der Waals surface area contributed by atoms with E-state index >= 15 is 0 Å². The Morgan fingerprint density at radius 3 is 2.27 bits per heavy atom. The number of nitrogens with zero attached hydrogens (tertiary/aromatic N) is 3. The molecule has 3 aromatic carbocycles. The molecule has 33 heavy (non-hydrogen) atoms. The summed E-state index contributed by atoms with van der Waals surface area (Å²) in [5.74, 6) is 0.774. The summed E-state index contributed by atoms with van der Waals surface area (Å²) in [6.07, 6.45) is 0.330. The topological polar surface area (TPSA) is 38.1 Å². The molecule has 7 heteroatoms. The molecule has 0 aliphatic rings. The molecule has 0 atom stereocenters. The minimum atomic E-state index is -0.148. The Labute approximate surface area is 208 Å². The van der Waals surface area contributed by atoms with Gasteiger partial charge in [-0.15, -0.1) is 0 Å². The molecule has 0 aliphatic heterocycles. The number of imidazole rings is 1. The van der Waals surface area contributed by atoms with Crippen molar-refractivity contribution in [2.45, 2.75) is 40.0 Å². The Morgan fingerprint density at radius 1 is 1.00 bits per heavy atom. The number of halogens is 3. The van der Waals surface area contributed by atoms with Crippen LogP contribution in [0.2, 0.25) is 15.1 Å². The highest BCUT2D eigenvalue weighted by Crippen LogP contribution is 2.33. The number of para-hydroxylation sites is 1. The summed E-state index contributed by atoms with van der Waals surface area (Å²) < 4.78 is 1.83. The van der Waals surface area contributed by atoms with E-state index in [-0.39, 0.29) is 5.91 Å². The van der Waals surface area contributed by atoms with E-state index in [4.69, 9.17) is 39.8 Å². The number of rotatable bonds is 5. The van der Waals surface area contributed by atoms with Gasteiger partial charge in [0, 0.05) is 23.4 Å². The van der Waals surface area contributed by atoms with E-state index in [0.29, 0.717) is 38.7 Å². The Balaban J connectivity index is 2.00. The number of aryl methyl sites for hydroxylation is 1. The standard InChI is InChI=1S/C26H24Cl3N3O/c1-15(2)18-12-11-16(3)24(13-18)31(17(4)33)32-23-10-6-9-22(29)26(23)30-25(32)14-19-20(27)7-5-8-21(19)28/h5-13,15H,14H2,1-4H3. The number of carbonyl (C=O) groups excluding carboxylic acids is 1. The monoisotopic (exact) mass is 499 g/mol. The second kappa shape index (κ2) is 9.38. The molecule has 0 radical (unpaired) electrons. The molecular weight excluding hydrogens is 477 g/mol. The number of anilines is 1. The van der Waals surface area contributed by atoms with Gasteiger partial charge in [-0.2, -0.15) is 0 Å². The largest absolute Gasteiger partial charge is 0.273 e. The average Bonchev–Trinajstić information content (AvgIpc) is 3.11. The number of fused-ring (bicyclic) bond motifs is 1. The zero-order valence-corrected chi connectivity index (χ0v) is 21.1. The summed E-state index contributed by atoms with van der Waals surface area (Å²) in [4.78, 5) is 18.0. The maximum atomic E-state index is 13.1. The van der Waals surface area contributed by atoms with Gasteiger partial charge in [-0.25, -0.2) is 14.7 Å². The van der Waals surface area contributed by atoms with Crippen molar-refractivity contribution in [3.8, 4) is 0 Å². The molecule has 0 unspecified atom stereocenters. The first-order valence-corrected chi connectivity index (χ1v) is 11.8. The third-order valence-electron chi connectivity index (χ3n) is 5.70. The summed E-state index contributed by atoms with van der Waals surface area (Å²) >= 11 is 19.5. The smallest absolute Gasteiger partial charge is 0.243 e. The van der Waals surface area contributed by atoms with Crippen molar-refractivity contribution in [2.75, 3.05) is 5.01 Å². The van der Waals surface area contributed by atoms with E-state index in [9.17, 15) is 4.79 Å². The van der Waals surface area contributed by atoms with Crippen LogP contribution in [0.5, 0.6) is 0 Å². The van der Waals surface area contributed by atoms with E-state index in [0.717, 1.165) is 27.9 Å². The molecule has 0 saturated heterocycles. The molecule has 1 amide bonds. The van der Waals surface area contributed by atoms with Gasteiger partial charge in [0.2, 0.25) is 5.91 Å². The molecule has 0 fully saturated rings. The summed E-state index contributed by atoms with van der Waals surface area (Å²) in [5.41, 5.74) is 4.98. The Kier molecular flexibility index (Phi) is 6.71. The number of carbonyl (C=O) groups is 1. The van der Waals surface area contributed by atoms with Crippen molar-refractivity contribution in [2.24, 2.45) is 0 Å². The highest BCUT2D eigenvalue weighted by Gasteiger charge is 2.25. The highest BCUT2D eigenvalue weighted by atomic mass is 35.5. The van der Waals surface area contributed by atoms with Gasteiger partial charge in [0.25, 0.3) is 0 Å². The van der Waals surface area contributed by atoms with Crippen LogP contribution in [-0.4, -0.2) is 15.6 Å².